The third kappa shape index (κ3) is 5.69. The van der Waals surface area contributed by atoms with E-state index in [0.29, 0.717) is 44.5 Å². The van der Waals surface area contributed by atoms with Crippen molar-refractivity contribution in [3.05, 3.63) is 157 Å². The first-order valence-corrected chi connectivity index (χ1v) is 14.2. The van der Waals surface area contributed by atoms with Gasteiger partial charge in [0.05, 0.1) is 0 Å². The van der Waals surface area contributed by atoms with Crippen molar-refractivity contribution in [1.82, 2.24) is 0 Å². The lowest BCUT2D eigenvalue weighted by Crippen LogP contribution is -2.40. The normalized spacial score (nSPS) is 11.6. The minimum atomic E-state index is -4.76. The summed E-state index contributed by atoms with van der Waals surface area (Å²) in [5, 5.41) is 22.9. The Labute approximate surface area is 261 Å². The number of aromatic hydroxyl groups is 2. The number of hydrogen-bond acceptors (Lipinski definition) is 2. The van der Waals surface area contributed by atoms with Gasteiger partial charge >= 0.3 is 6.18 Å². The van der Waals surface area contributed by atoms with E-state index in [2.05, 4.69) is 0 Å². The summed E-state index contributed by atoms with van der Waals surface area (Å²) in [7, 11) is 0. The van der Waals surface area contributed by atoms with Gasteiger partial charge in [0.1, 0.15) is 16.9 Å². The van der Waals surface area contributed by atoms with Crippen LogP contribution in [0.3, 0.4) is 0 Å². The Balaban J connectivity index is 0.00000400. The first-order valence-electron chi connectivity index (χ1n) is 14.2. The molecule has 0 unspecified atom stereocenters. The molecule has 6 rings (SSSR count). The van der Waals surface area contributed by atoms with E-state index in [1.54, 1.807) is 97.1 Å². The zero-order chi connectivity index (χ0) is 30.9. The predicted octanol–water partition coefficient (Wildman–Crippen LogP) is 11.3. The van der Waals surface area contributed by atoms with Crippen molar-refractivity contribution < 1.29 is 23.4 Å². The molecule has 0 atom stereocenters. The molecule has 0 bridgehead atoms. The van der Waals surface area contributed by atoms with Crippen LogP contribution in [0.25, 0.3) is 44.5 Å². The van der Waals surface area contributed by atoms with Crippen LogP contribution in [0.15, 0.2) is 146 Å². The van der Waals surface area contributed by atoms with Crippen LogP contribution in [0.4, 0.5) is 13.2 Å². The Morgan fingerprint density at radius 1 is 0.422 bits per heavy atom. The number of hydrogen-bond donors (Lipinski definition) is 2. The molecule has 0 saturated carbocycles. The summed E-state index contributed by atoms with van der Waals surface area (Å²) in [5.74, 6) is -0.201. The number of rotatable bonds is 6. The molecule has 6 aromatic carbocycles. The molecule has 0 heterocycles. The van der Waals surface area contributed by atoms with E-state index in [-0.39, 0.29) is 30.1 Å². The van der Waals surface area contributed by atoms with E-state index in [1.807, 2.05) is 24.3 Å². The topological polar surface area (TPSA) is 40.5 Å². The van der Waals surface area contributed by atoms with Gasteiger partial charge in [-0.3, -0.25) is 0 Å². The third-order valence-electron chi connectivity index (χ3n) is 8.28. The molecule has 0 radical (unpaired) electrons. The smallest absolute Gasteiger partial charge is 0.402 e. The summed E-state index contributed by atoms with van der Waals surface area (Å²) in [4.78, 5) is 0. The molecule has 0 aromatic heterocycles. The first-order chi connectivity index (χ1) is 21.2. The van der Waals surface area contributed by atoms with Crippen LogP contribution in [0.1, 0.15) is 25.5 Å². The fourth-order valence-electron chi connectivity index (χ4n) is 5.69. The average molecular weight is 603 g/mol. The molecule has 0 spiro atoms. The summed E-state index contributed by atoms with van der Waals surface area (Å²) in [6, 6.07) is 41.4. The van der Waals surface area contributed by atoms with Crippen LogP contribution in [-0.2, 0) is 5.41 Å². The van der Waals surface area contributed by atoms with Gasteiger partial charge in [0.15, 0.2) is 0 Å². The van der Waals surface area contributed by atoms with Crippen molar-refractivity contribution in [2.75, 3.05) is 0 Å². The Bertz CT molecular complexity index is 1650. The second-order valence-corrected chi connectivity index (χ2v) is 10.9. The van der Waals surface area contributed by atoms with Gasteiger partial charge in [0.25, 0.3) is 0 Å². The molecule has 2 nitrogen and oxygen atoms in total. The van der Waals surface area contributed by atoms with Gasteiger partial charge in [0.2, 0.25) is 0 Å². The van der Waals surface area contributed by atoms with Gasteiger partial charge < -0.3 is 10.2 Å². The number of benzene rings is 6. The second-order valence-electron chi connectivity index (χ2n) is 10.9. The van der Waals surface area contributed by atoms with Crippen molar-refractivity contribution in [2.24, 2.45) is 0 Å². The highest BCUT2D eigenvalue weighted by Crippen LogP contribution is 2.52. The van der Waals surface area contributed by atoms with Gasteiger partial charge in [-0.2, -0.15) is 13.2 Å². The molecule has 0 aliphatic carbocycles. The minimum absolute atomic E-state index is 0. The summed E-state index contributed by atoms with van der Waals surface area (Å²) < 4.78 is 47.1. The molecule has 0 aliphatic rings. The quantitative estimate of drug-likeness (QED) is 0.199. The van der Waals surface area contributed by atoms with Crippen LogP contribution >= 0.6 is 0 Å². The lowest BCUT2D eigenvalue weighted by molar-refractivity contribution is -0.173. The minimum Gasteiger partial charge on any atom is -0.507 e. The Hall–Kier alpha value is -5.29. The van der Waals surface area contributed by atoms with Gasteiger partial charge in [0, 0.05) is 22.3 Å². The molecule has 0 amide bonds. The van der Waals surface area contributed by atoms with E-state index in [1.165, 1.54) is 31.2 Å². The lowest BCUT2D eigenvalue weighted by atomic mass is 9.72. The molecular weight excluding hydrogens is 569 g/mol. The molecule has 45 heavy (non-hydrogen) atoms. The molecule has 2 N–H and O–H groups in total. The molecule has 6 aromatic rings. The maximum absolute atomic E-state index is 15.7. The maximum Gasteiger partial charge on any atom is 0.402 e. The number of phenolic OH excluding ortho intramolecular Hbond substituents is 2. The average Bonchev–Trinajstić information content (AvgIpc) is 3.05. The number of alkyl halides is 3. The SMILES string of the molecule is C.CC(c1cc(-c2ccccc2)c(O)c(-c2ccccc2)c1)(c1cc(-c2ccccc2)c(O)c(-c2ccccc2)c1)C(F)(F)F. The molecule has 0 fully saturated rings. The fraction of sp³-hybridized carbons (Fsp3) is 0.100. The van der Waals surface area contributed by atoms with E-state index in [4.69, 9.17) is 0 Å². The predicted molar refractivity (Wildman–Crippen MR) is 177 cm³/mol. The van der Waals surface area contributed by atoms with Crippen LogP contribution in [0.2, 0.25) is 0 Å². The number of phenols is 2. The van der Waals surface area contributed by atoms with E-state index >= 15 is 13.2 Å². The highest BCUT2D eigenvalue weighted by molar-refractivity contribution is 5.86. The fourth-order valence-corrected chi connectivity index (χ4v) is 5.69. The van der Waals surface area contributed by atoms with Gasteiger partial charge in [-0.1, -0.05) is 129 Å². The zero-order valence-corrected chi connectivity index (χ0v) is 23.9. The van der Waals surface area contributed by atoms with Gasteiger partial charge in [-0.05, 0) is 64.6 Å². The van der Waals surface area contributed by atoms with E-state index < -0.39 is 11.6 Å². The molecular formula is C40H33F3O2. The monoisotopic (exact) mass is 602 g/mol. The van der Waals surface area contributed by atoms with Crippen molar-refractivity contribution in [3.63, 3.8) is 0 Å². The number of halogens is 3. The highest BCUT2D eigenvalue weighted by atomic mass is 19.4. The highest BCUT2D eigenvalue weighted by Gasteiger charge is 2.54. The molecule has 0 saturated heterocycles. The first kappa shape index (κ1) is 31.1. The van der Waals surface area contributed by atoms with Crippen LogP contribution in [-0.4, -0.2) is 16.4 Å². The van der Waals surface area contributed by atoms with E-state index in [0.717, 1.165) is 0 Å². The summed E-state index contributed by atoms with van der Waals surface area (Å²) in [6.45, 7) is 1.17. The zero-order valence-electron chi connectivity index (χ0n) is 23.9. The Morgan fingerprint density at radius 3 is 0.844 bits per heavy atom. The summed E-state index contributed by atoms with van der Waals surface area (Å²) >= 11 is 0. The van der Waals surface area contributed by atoms with E-state index in [9.17, 15) is 10.2 Å². The lowest BCUT2D eigenvalue weighted by Gasteiger charge is -2.35. The van der Waals surface area contributed by atoms with Gasteiger partial charge in [-0.25, -0.2) is 0 Å². The summed E-state index contributed by atoms with van der Waals surface area (Å²) in [6.07, 6.45) is -4.76. The van der Waals surface area contributed by atoms with Crippen LogP contribution in [0, 0.1) is 0 Å². The molecule has 226 valence electrons. The standard InChI is InChI=1S/C39H29F3O2.CH4/c1-38(39(40,41)42,30-22-32(26-14-6-2-7-15-26)36(43)33(23-30)27-16-8-3-9-17-27)31-24-34(28-18-10-4-11-19-28)37(44)35(25-31)29-20-12-5-13-21-29;/h2-25,43-44H,1H3;1H4. The maximum atomic E-state index is 15.7. The van der Waals surface area contributed by atoms with Crippen molar-refractivity contribution in [1.29, 1.82) is 0 Å². The molecule has 5 heteroatoms. The third-order valence-corrected chi connectivity index (χ3v) is 8.28. The Morgan fingerprint density at radius 2 is 0.644 bits per heavy atom. The van der Waals surface area contributed by atoms with Crippen molar-refractivity contribution >= 4 is 0 Å². The second kappa shape index (κ2) is 12.4. The van der Waals surface area contributed by atoms with Crippen molar-refractivity contribution in [2.45, 2.75) is 25.9 Å². The van der Waals surface area contributed by atoms with Crippen molar-refractivity contribution in [3.8, 4) is 56.0 Å². The summed E-state index contributed by atoms with van der Waals surface area (Å²) in [5.41, 5.74) is 0.936. The largest absolute Gasteiger partial charge is 0.507 e. The van der Waals surface area contributed by atoms with Crippen LogP contribution in [0.5, 0.6) is 11.5 Å². The molecule has 0 aliphatic heterocycles. The Kier molecular flexibility index (Phi) is 8.56. The van der Waals surface area contributed by atoms with Gasteiger partial charge in [-0.15, -0.1) is 0 Å². The van der Waals surface area contributed by atoms with Crippen LogP contribution < -0.4 is 0 Å².